The van der Waals surface area contributed by atoms with Crippen molar-refractivity contribution in [2.24, 2.45) is 5.92 Å². The van der Waals surface area contributed by atoms with Gasteiger partial charge in [-0.05, 0) is 74.8 Å². The number of oxazole rings is 1. The number of ether oxygens (including phenoxy) is 1. The van der Waals surface area contributed by atoms with Gasteiger partial charge in [0.2, 0.25) is 5.89 Å². The first kappa shape index (κ1) is 22.9. The van der Waals surface area contributed by atoms with Crippen LogP contribution in [0.5, 0.6) is 0 Å². The molecular weight excluding hydrogens is 390 g/mol. The summed E-state index contributed by atoms with van der Waals surface area (Å²) in [6.45, 7) is 4.65. The van der Waals surface area contributed by atoms with Crippen molar-refractivity contribution in [1.82, 2.24) is 4.98 Å². The number of allylic oxidation sites excluding steroid dienone is 3. The zero-order chi connectivity index (χ0) is 22.1. The minimum Gasteiger partial charge on any atom is -0.494 e. The summed E-state index contributed by atoms with van der Waals surface area (Å²) in [5, 5.41) is 9.03. The fourth-order valence-electron chi connectivity index (χ4n) is 3.90. The predicted molar refractivity (Wildman–Crippen MR) is 122 cm³/mol. The fourth-order valence-corrected chi connectivity index (χ4v) is 3.90. The number of hydrogen-bond donors (Lipinski definition) is 1. The molecule has 166 valence electrons. The van der Waals surface area contributed by atoms with E-state index in [0.717, 1.165) is 61.3 Å². The van der Waals surface area contributed by atoms with Crippen molar-refractivity contribution in [3.8, 4) is 11.5 Å². The molecule has 0 spiro atoms. The van der Waals surface area contributed by atoms with Crippen LogP contribution in [0.25, 0.3) is 11.5 Å². The molecule has 0 saturated carbocycles. The Balaban J connectivity index is 1.54. The highest BCUT2D eigenvalue weighted by Crippen LogP contribution is 2.24. The summed E-state index contributed by atoms with van der Waals surface area (Å²) >= 11 is 0. The monoisotopic (exact) mass is 423 g/mol. The standard InChI is InChI=1S/C26H33NO4/c1-3-7-20-12-14-22(15-13-20)26-27-24(19(2)31-26)16-17-30-23-10-5-4-8-21(9-6-11-23)18-25(28)29/h6,10-15,21H,3-5,7-9,16-18H2,1-2H3,(H,28,29)/b11-6-,23-10+/t21-/m1/s1. The molecule has 1 atom stereocenters. The summed E-state index contributed by atoms with van der Waals surface area (Å²) in [5.74, 6) is 1.81. The zero-order valence-electron chi connectivity index (χ0n) is 18.6. The van der Waals surface area contributed by atoms with E-state index in [4.69, 9.17) is 14.3 Å². The van der Waals surface area contributed by atoms with Gasteiger partial charge in [0.1, 0.15) is 11.5 Å². The molecule has 0 saturated heterocycles. The summed E-state index contributed by atoms with van der Waals surface area (Å²) in [6, 6.07) is 8.42. The molecule has 1 N–H and O–H groups in total. The molecular formula is C26H33NO4. The third kappa shape index (κ3) is 7.12. The highest BCUT2D eigenvalue weighted by atomic mass is 16.5. The van der Waals surface area contributed by atoms with Crippen LogP contribution in [0.3, 0.4) is 0 Å². The average Bonchev–Trinajstić information content (AvgIpc) is 3.15. The molecule has 31 heavy (non-hydrogen) atoms. The molecule has 0 fully saturated rings. The van der Waals surface area contributed by atoms with Crippen molar-refractivity contribution < 1.29 is 19.1 Å². The van der Waals surface area contributed by atoms with E-state index in [1.165, 1.54) is 5.56 Å². The first-order valence-electron chi connectivity index (χ1n) is 11.3. The number of aromatic nitrogens is 1. The predicted octanol–water partition coefficient (Wildman–Crippen LogP) is 6.27. The highest BCUT2D eigenvalue weighted by Gasteiger charge is 2.14. The Labute approximate surface area is 184 Å². The Morgan fingerprint density at radius 3 is 2.81 bits per heavy atom. The summed E-state index contributed by atoms with van der Waals surface area (Å²) in [6.07, 6.45) is 12.8. The summed E-state index contributed by atoms with van der Waals surface area (Å²) in [4.78, 5) is 15.7. The van der Waals surface area contributed by atoms with Crippen molar-refractivity contribution in [3.63, 3.8) is 0 Å². The van der Waals surface area contributed by atoms with Crippen LogP contribution >= 0.6 is 0 Å². The second kappa shape index (κ2) is 11.5. The zero-order valence-corrected chi connectivity index (χ0v) is 18.6. The molecule has 5 nitrogen and oxygen atoms in total. The van der Waals surface area contributed by atoms with Crippen LogP contribution in [0.2, 0.25) is 0 Å². The van der Waals surface area contributed by atoms with Gasteiger partial charge in [-0.15, -0.1) is 0 Å². The van der Waals surface area contributed by atoms with Crippen molar-refractivity contribution >= 4 is 5.97 Å². The van der Waals surface area contributed by atoms with E-state index in [1.54, 1.807) is 0 Å². The topological polar surface area (TPSA) is 72.6 Å². The summed E-state index contributed by atoms with van der Waals surface area (Å²) in [5.41, 5.74) is 3.24. The van der Waals surface area contributed by atoms with Gasteiger partial charge < -0.3 is 14.3 Å². The Kier molecular flexibility index (Phi) is 8.51. The number of hydrogen-bond acceptors (Lipinski definition) is 4. The molecule has 1 aromatic carbocycles. The molecule has 3 rings (SSSR count). The van der Waals surface area contributed by atoms with E-state index < -0.39 is 5.97 Å². The third-order valence-corrected chi connectivity index (χ3v) is 5.62. The van der Waals surface area contributed by atoms with Gasteiger partial charge in [0.25, 0.3) is 0 Å². The number of benzene rings is 1. The summed E-state index contributed by atoms with van der Waals surface area (Å²) < 4.78 is 11.9. The molecule has 0 bridgehead atoms. The lowest BCUT2D eigenvalue weighted by atomic mass is 9.95. The average molecular weight is 424 g/mol. The molecule has 5 heteroatoms. The molecule has 1 aromatic heterocycles. The van der Waals surface area contributed by atoms with Gasteiger partial charge in [-0.3, -0.25) is 4.79 Å². The first-order chi connectivity index (χ1) is 15.0. The maximum absolute atomic E-state index is 11.0. The summed E-state index contributed by atoms with van der Waals surface area (Å²) in [7, 11) is 0. The number of aliphatic carboxylic acids is 1. The number of carboxylic acid groups (broad SMARTS) is 1. The van der Waals surface area contributed by atoms with Gasteiger partial charge >= 0.3 is 5.97 Å². The molecule has 0 radical (unpaired) electrons. The second-order valence-corrected chi connectivity index (χ2v) is 8.21. The number of nitrogens with zero attached hydrogens (tertiary/aromatic N) is 1. The molecule has 1 heterocycles. The Morgan fingerprint density at radius 1 is 1.26 bits per heavy atom. The minimum absolute atomic E-state index is 0.203. The number of carbonyl (C=O) groups is 1. The van der Waals surface area contributed by atoms with Crippen LogP contribution in [-0.2, 0) is 22.4 Å². The van der Waals surface area contributed by atoms with Crippen LogP contribution in [0.1, 0.15) is 62.5 Å². The van der Waals surface area contributed by atoms with Crippen molar-refractivity contribution in [2.45, 2.75) is 65.2 Å². The van der Waals surface area contributed by atoms with E-state index in [-0.39, 0.29) is 12.3 Å². The van der Waals surface area contributed by atoms with Crippen LogP contribution < -0.4 is 0 Å². The molecule has 1 aliphatic carbocycles. The van der Waals surface area contributed by atoms with Crippen LogP contribution in [-0.4, -0.2) is 22.7 Å². The largest absolute Gasteiger partial charge is 0.494 e. The van der Waals surface area contributed by atoms with Crippen LogP contribution in [0.4, 0.5) is 0 Å². The van der Waals surface area contributed by atoms with E-state index in [0.29, 0.717) is 18.9 Å². The number of carboxylic acids is 1. The molecule has 2 aromatic rings. The highest BCUT2D eigenvalue weighted by molar-refractivity contribution is 5.67. The van der Waals surface area contributed by atoms with Crippen molar-refractivity contribution in [2.75, 3.05) is 6.61 Å². The lowest BCUT2D eigenvalue weighted by Crippen LogP contribution is -2.06. The van der Waals surface area contributed by atoms with E-state index in [2.05, 4.69) is 42.2 Å². The third-order valence-electron chi connectivity index (χ3n) is 5.62. The number of aryl methyl sites for hydroxylation is 2. The van der Waals surface area contributed by atoms with Crippen LogP contribution in [0.15, 0.2) is 52.7 Å². The fraction of sp³-hybridized carbons (Fsp3) is 0.462. The number of rotatable bonds is 9. The smallest absolute Gasteiger partial charge is 0.303 e. The van der Waals surface area contributed by atoms with Gasteiger partial charge in [-0.1, -0.05) is 31.6 Å². The maximum atomic E-state index is 11.0. The van der Waals surface area contributed by atoms with E-state index in [9.17, 15) is 4.79 Å². The molecule has 0 aliphatic heterocycles. The van der Waals surface area contributed by atoms with Crippen molar-refractivity contribution in [3.05, 3.63) is 65.3 Å². The van der Waals surface area contributed by atoms with E-state index in [1.807, 2.05) is 19.1 Å². The normalized spacial score (nSPS) is 19.5. The second-order valence-electron chi connectivity index (χ2n) is 8.21. The van der Waals surface area contributed by atoms with E-state index >= 15 is 0 Å². The quantitative estimate of drug-likeness (QED) is 0.515. The van der Waals surface area contributed by atoms with Gasteiger partial charge in [0.15, 0.2) is 0 Å². The van der Waals surface area contributed by atoms with Gasteiger partial charge in [-0.25, -0.2) is 4.98 Å². The SMILES string of the molecule is CCCc1ccc(-c2nc(CCOC3=C/CCC[C@@H](CC(=O)O)C/C=C\3)c(C)o2)cc1. The van der Waals surface area contributed by atoms with Crippen LogP contribution in [0, 0.1) is 12.8 Å². The maximum Gasteiger partial charge on any atom is 0.303 e. The first-order valence-corrected chi connectivity index (χ1v) is 11.3. The van der Waals surface area contributed by atoms with Gasteiger partial charge in [0, 0.05) is 18.4 Å². The Morgan fingerprint density at radius 2 is 2.06 bits per heavy atom. The van der Waals surface area contributed by atoms with Gasteiger partial charge in [0.05, 0.1) is 12.3 Å². The van der Waals surface area contributed by atoms with Gasteiger partial charge in [-0.2, -0.15) is 0 Å². The Hall–Kier alpha value is -2.82. The Bertz CT molecular complexity index is 908. The molecule has 0 amide bonds. The lowest BCUT2D eigenvalue weighted by molar-refractivity contribution is -0.138. The molecule has 0 unspecified atom stereocenters. The minimum atomic E-state index is -0.721. The molecule has 1 aliphatic rings. The lowest BCUT2D eigenvalue weighted by Gasteiger charge is -2.10. The van der Waals surface area contributed by atoms with Crippen molar-refractivity contribution in [1.29, 1.82) is 0 Å².